The number of imide groups is 1. The van der Waals surface area contributed by atoms with Crippen LogP contribution >= 0.6 is 0 Å². The number of rotatable bonds is 5. The van der Waals surface area contributed by atoms with Crippen molar-refractivity contribution in [2.45, 2.75) is 51.2 Å². The van der Waals surface area contributed by atoms with E-state index in [2.05, 4.69) is 5.32 Å². The minimum Gasteiger partial charge on any atom is -0.486 e. The minimum atomic E-state index is -0.851. The van der Waals surface area contributed by atoms with Crippen LogP contribution in [0.25, 0.3) is 0 Å². The summed E-state index contributed by atoms with van der Waals surface area (Å²) in [6.45, 7) is 4.73. The Morgan fingerprint density at radius 1 is 1.27 bits per heavy atom. The van der Waals surface area contributed by atoms with Gasteiger partial charge >= 0.3 is 6.03 Å². The van der Waals surface area contributed by atoms with Gasteiger partial charge in [0.05, 0.1) is 6.54 Å². The Hall–Kier alpha value is -2.77. The predicted octanol–water partition coefficient (Wildman–Crippen LogP) is 2.18. The van der Waals surface area contributed by atoms with Crippen LogP contribution in [0.15, 0.2) is 24.3 Å². The number of urea groups is 1. The fourth-order valence-corrected chi connectivity index (χ4v) is 4.68. The summed E-state index contributed by atoms with van der Waals surface area (Å²) < 4.78 is 11.7. The molecule has 1 aliphatic carbocycles. The highest BCUT2D eigenvalue weighted by molar-refractivity contribution is 6.09. The van der Waals surface area contributed by atoms with Gasteiger partial charge in [0.2, 0.25) is 5.91 Å². The number of hydrogen-bond acceptors (Lipinski definition) is 5. The maximum Gasteiger partial charge on any atom is 0.325 e. The van der Waals surface area contributed by atoms with Crippen LogP contribution in [0.1, 0.15) is 39.5 Å². The lowest BCUT2D eigenvalue weighted by Crippen LogP contribution is -2.54. The number of amides is 4. The summed E-state index contributed by atoms with van der Waals surface area (Å²) in [5.74, 6) is 0.867. The molecule has 0 bridgehead atoms. The van der Waals surface area contributed by atoms with Crippen LogP contribution in [0.3, 0.4) is 0 Å². The Labute approximate surface area is 176 Å². The zero-order valence-corrected chi connectivity index (χ0v) is 17.6. The molecule has 30 heavy (non-hydrogen) atoms. The van der Waals surface area contributed by atoms with Gasteiger partial charge < -0.3 is 19.7 Å². The van der Waals surface area contributed by atoms with Crippen molar-refractivity contribution in [2.75, 3.05) is 26.2 Å². The lowest BCUT2D eigenvalue weighted by atomic mass is 9.73. The molecular weight excluding hydrogens is 386 g/mol. The molecule has 1 saturated heterocycles. The molecule has 8 nitrogen and oxygen atoms in total. The third-order valence-corrected chi connectivity index (χ3v) is 6.52. The smallest absolute Gasteiger partial charge is 0.325 e. The fraction of sp³-hybridized carbons (Fsp3) is 0.591. The highest BCUT2D eigenvalue weighted by atomic mass is 16.6. The first kappa shape index (κ1) is 20.5. The molecule has 2 fully saturated rings. The van der Waals surface area contributed by atoms with Crippen LogP contribution in [0.4, 0.5) is 4.79 Å². The number of benzene rings is 1. The zero-order valence-electron chi connectivity index (χ0n) is 17.6. The molecule has 1 aromatic rings. The average molecular weight is 415 g/mol. The molecule has 4 rings (SSSR count). The Balaban J connectivity index is 1.40. The van der Waals surface area contributed by atoms with Crippen molar-refractivity contribution >= 4 is 17.8 Å². The molecule has 4 amide bonds. The van der Waals surface area contributed by atoms with Crippen molar-refractivity contribution < 1.29 is 23.9 Å². The van der Waals surface area contributed by atoms with Crippen molar-refractivity contribution in [3.8, 4) is 11.5 Å². The van der Waals surface area contributed by atoms with E-state index in [1.54, 1.807) is 4.90 Å². The summed E-state index contributed by atoms with van der Waals surface area (Å²) in [4.78, 5) is 41.3. The molecule has 3 atom stereocenters. The summed E-state index contributed by atoms with van der Waals surface area (Å²) in [5.41, 5.74) is -0.851. The van der Waals surface area contributed by atoms with Crippen molar-refractivity contribution in [3.63, 3.8) is 0 Å². The number of likely N-dealkylation sites (N-methyl/N-ethyl adjacent to an activating group) is 1. The number of nitrogens with zero attached hydrogens (tertiary/aromatic N) is 2. The van der Waals surface area contributed by atoms with Crippen molar-refractivity contribution in [1.82, 2.24) is 15.1 Å². The number of para-hydroxylation sites is 2. The van der Waals surface area contributed by atoms with E-state index in [4.69, 9.17) is 9.47 Å². The van der Waals surface area contributed by atoms with Gasteiger partial charge in [0.1, 0.15) is 18.7 Å². The van der Waals surface area contributed by atoms with E-state index in [0.717, 1.165) is 24.2 Å². The number of carbonyl (C=O) groups excluding carboxylic acids is 3. The van der Waals surface area contributed by atoms with Gasteiger partial charge in [-0.05, 0) is 37.8 Å². The van der Waals surface area contributed by atoms with Gasteiger partial charge in [-0.3, -0.25) is 14.5 Å². The number of fused-ring (bicyclic) bond motifs is 1. The van der Waals surface area contributed by atoms with E-state index in [1.807, 2.05) is 38.1 Å². The van der Waals surface area contributed by atoms with Gasteiger partial charge in [-0.2, -0.15) is 0 Å². The summed E-state index contributed by atoms with van der Waals surface area (Å²) in [6, 6.07) is 6.95. The molecule has 2 aliphatic heterocycles. The Kier molecular flexibility index (Phi) is 5.58. The first-order chi connectivity index (χ1) is 14.4. The van der Waals surface area contributed by atoms with E-state index < -0.39 is 11.6 Å². The second-order valence-corrected chi connectivity index (χ2v) is 8.37. The molecule has 3 unspecified atom stereocenters. The monoisotopic (exact) mass is 415 g/mol. The number of ether oxygens (including phenoxy) is 2. The van der Waals surface area contributed by atoms with E-state index >= 15 is 0 Å². The molecular formula is C22H29N3O5. The molecule has 1 spiro atoms. The number of carbonyl (C=O) groups is 3. The Bertz CT molecular complexity index is 844. The van der Waals surface area contributed by atoms with Crippen LogP contribution in [-0.2, 0) is 9.59 Å². The van der Waals surface area contributed by atoms with Gasteiger partial charge in [0, 0.05) is 6.54 Å². The van der Waals surface area contributed by atoms with Crippen LogP contribution in [0.5, 0.6) is 11.5 Å². The van der Waals surface area contributed by atoms with Crippen LogP contribution < -0.4 is 14.8 Å². The van der Waals surface area contributed by atoms with Crippen LogP contribution in [0.2, 0.25) is 0 Å². The largest absolute Gasteiger partial charge is 0.486 e. The lowest BCUT2D eigenvalue weighted by molar-refractivity contribution is -0.141. The molecule has 1 aromatic carbocycles. The maximum absolute atomic E-state index is 13.1. The van der Waals surface area contributed by atoms with E-state index in [1.165, 1.54) is 0 Å². The zero-order chi connectivity index (χ0) is 21.3. The van der Waals surface area contributed by atoms with Gasteiger partial charge in [-0.15, -0.1) is 0 Å². The number of nitrogens with one attached hydrogen (secondary N) is 1. The molecule has 1 saturated carbocycles. The molecule has 8 heteroatoms. The quantitative estimate of drug-likeness (QED) is 0.745. The van der Waals surface area contributed by atoms with E-state index in [9.17, 15) is 14.4 Å². The fourth-order valence-electron chi connectivity index (χ4n) is 4.68. The third kappa shape index (κ3) is 3.59. The average Bonchev–Trinajstić information content (AvgIpc) is 2.98. The molecule has 0 aromatic heterocycles. The van der Waals surface area contributed by atoms with Gasteiger partial charge in [0.25, 0.3) is 5.91 Å². The van der Waals surface area contributed by atoms with Crippen molar-refractivity contribution in [1.29, 1.82) is 0 Å². The van der Waals surface area contributed by atoms with Crippen molar-refractivity contribution in [2.24, 2.45) is 5.92 Å². The second-order valence-electron chi connectivity index (χ2n) is 8.37. The standard InChI is InChI=1S/C22H29N3O5/c1-3-24(12-16-14-29-17-9-4-5-10-18(17)30-16)19(26)13-25-20(27)22(23-21(25)28)11-7-6-8-15(22)2/h4-5,9-10,15-16H,3,6-8,11-14H2,1-2H3,(H,23,28). The van der Waals surface area contributed by atoms with Gasteiger partial charge in [-0.25, -0.2) is 4.79 Å². The lowest BCUT2D eigenvalue weighted by Gasteiger charge is -2.37. The minimum absolute atomic E-state index is 0.0675. The molecule has 0 radical (unpaired) electrons. The van der Waals surface area contributed by atoms with Gasteiger partial charge in [0.15, 0.2) is 17.6 Å². The maximum atomic E-state index is 13.1. The SMILES string of the molecule is CCN(CC1COc2ccccc2O1)C(=O)CN1C(=O)NC2(CCCCC2C)C1=O. The molecule has 3 aliphatic rings. The Morgan fingerprint density at radius 3 is 2.77 bits per heavy atom. The first-order valence-corrected chi connectivity index (χ1v) is 10.7. The summed E-state index contributed by atoms with van der Waals surface area (Å²) in [5, 5.41) is 2.90. The number of hydrogen-bond donors (Lipinski definition) is 1. The second kappa shape index (κ2) is 8.16. The third-order valence-electron chi connectivity index (χ3n) is 6.52. The normalized spacial score (nSPS) is 27.9. The molecule has 1 N–H and O–H groups in total. The summed E-state index contributed by atoms with van der Waals surface area (Å²) in [6.07, 6.45) is 3.18. The molecule has 2 heterocycles. The topological polar surface area (TPSA) is 88.2 Å². The first-order valence-electron chi connectivity index (χ1n) is 10.7. The van der Waals surface area contributed by atoms with E-state index in [0.29, 0.717) is 37.6 Å². The van der Waals surface area contributed by atoms with Crippen LogP contribution in [-0.4, -0.2) is 65.5 Å². The van der Waals surface area contributed by atoms with Crippen LogP contribution in [0, 0.1) is 5.92 Å². The highest BCUT2D eigenvalue weighted by Gasteiger charge is 2.55. The van der Waals surface area contributed by atoms with Crippen molar-refractivity contribution in [3.05, 3.63) is 24.3 Å². The summed E-state index contributed by atoms with van der Waals surface area (Å²) in [7, 11) is 0. The molecule has 162 valence electrons. The predicted molar refractivity (Wildman–Crippen MR) is 109 cm³/mol. The Morgan fingerprint density at radius 2 is 2.03 bits per heavy atom. The summed E-state index contributed by atoms with van der Waals surface area (Å²) >= 11 is 0. The van der Waals surface area contributed by atoms with E-state index in [-0.39, 0.29) is 30.4 Å². The highest BCUT2D eigenvalue weighted by Crippen LogP contribution is 2.38. The van der Waals surface area contributed by atoms with Gasteiger partial charge in [-0.1, -0.05) is 31.9 Å².